The van der Waals surface area contributed by atoms with Crippen LogP contribution in [0.5, 0.6) is 5.75 Å². The number of hydrazone groups is 1. The number of benzene rings is 1. The number of aliphatic hydroxyl groups excluding tert-OH is 1. The van der Waals surface area contributed by atoms with Crippen LogP contribution in [-0.4, -0.2) is 61.4 Å². The van der Waals surface area contributed by atoms with Crippen LogP contribution in [-0.2, 0) is 24.4 Å². The van der Waals surface area contributed by atoms with Crippen LogP contribution in [0.4, 0.5) is 0 Å². The van der Waals surface area contributed by atoms with Gasteiger partial charge in [-0.1, -0.05) is 25.1 Å². The molecule has 0 bridgehead atoms. The Morgan fingerprint density at radius 2 is 2.06 bits per heavy atom. The highest BCUT2D eigenvalue weighted by Crippen LogP contribution is 2.28. The lowest BCUT2D eigenvalue weighted by molar-refractivity contribution is -0.124. The number of amides is 1. The fourth-order valence-electron chi connectivity index (χ4n) is 4.29. The van der Waals surface area contributed by atoms with E-state index in [-0.39, 0.29) is 18.6 Å². The third kappa shape index (κ3) is 4.35. The number of fused-ring (bicyclic) bond motifs is 1. The van der Waals surface area contributed by atoms with Crippen LogP contribution in [0.2, 0.25) is 0 Å². The fourth-order valence-corrected chi connectivity index (χ4v) is 4.29. The zero-order chi connectivity index (χ0) is 23.5. The number of nitrogens with zero attached hydrogens (tertiary/aromatic N) is 6. The minimum absolute atomic E-state index is 0.123. The van der Waals surface area contributed by atoms with Crippen molar-refractivity contribution in [3.63, 3.8) is 0 Å². The van der Waals surface area contributed by atoms with Crippen LogP contribution in [0, 0.1) is 0 Å². The van der Waals surface area contributed by atoms with Crippen molar-refractivity contribution >= 4 is 17.6 Å². The number of carbonyl (C=O) groups is 1. The largest absolute Gasteiger partial charge is 0.493 e. The van der Waals surface area contributed by atoms with E-state index in [9.17, 15) is 9.90 Å². The number of rotatable bonds is 9. The molecule has 0 spiro atoms. The van der Waals surface area contributed by atoms with E-state index in [4.69, 9.17) is 9.84 Å². The number of carbonyl (C=O) groups excluding carboxylic acids is 1. The summed E-state index contributed by atoms with van der Waals surface area (Å²) in [5.74, 6) is 1.78. The van der Waals surface area contributed by atoms with Crippen molar-refractivity contribution in [2.45, 2.75) is 72.2 Å². The minimum Gasteiger partial charge on any atom is -0.493 e. The first-order valence-corrected chi connectivity index (χ1v) is 11.5. The first-order valence-electron chi connectivity index (χ1n) is 11.5. The van der Waals surface area contributed by atoms with Crippen molar-refractivity contribution in [1.29, 1.82) is 0 Å². The third-order valence-corrected chi connectivity index (χ3v) is 5.86. The molecule has 4 rings (SSSR count). The van der Waals surface area contributed by atoms with Crippen molar-refractivity contribution in [2.24, 2.45) is 10.1 Å². The van der Waals surface area contributed by atoms with Gasteiger partial charge in [0.15, 0.2) is 11.9 Å². The molecule has 1 amide bonds. The van der Waals surface area contributed by atoms with Gasteiger partial charge in [0, 0.05) is 6.42 Å². The van der Waals surface area contributed by atoms with Crippen molar-refractivity contribution in [2.75, 3.05) is 6.61 Å². The van der Waals surface area contributed by atoms with Crippen molar-refractivity contribution in [3.05, 3.63) is 40.7 Å². The molecule has 0 aliphatic carbocycles. The molecule has 2 unspecified atom stereocenters. The summed E-state index contributed by atoms with van der Waals surface area (Å²) in [7, 11) is 0. The molecule has 0 saturated heterocycles. The Kier molecular flexibility index (Phi) is 6.73. The standard InChI is InChI=1S/C23H31N7O3/c1-5-8-20-24-14(4)21-23(32)25-22(27-30(20)21)16-11-15(9-10-19(16)33-7-3)12-29-18(13-31)17(6-2)26-28-29/h9-11,14,21,31H,5-8,12-13H2,1-4H3,(H,25,27,32). The molecule has 2 aliphatic rings. The van der Waals surface area contributed by atoms with Gasteiger partial charge in [-0.3, -0.25) is 9.79 Å². The average Bonchev–Trinajstić information content (AvgIpc) is 3.35. The Hall–Kier alpha value is -3.27. The van der Waals surface area contributed by atoms with Crippen LogP contribution >= 0.6 is 0 Å². The summed E-state index contributed by atoms with van der Waals surface area (Å²) in [6.45, 7) is 8.70. The number of aryl methyl sites for hydroxylation is 1. The van der Waals surface area contributed by atoms with Crippen LogP contribution in [0.15, 0.2) is 28.3 Å². The summed E-state index contributed by atoms with van der Waals surface area (Å²) in [5.41, 5.74) is 3.10. The summed E-state index contributed by atoms with van der Waals surface area (Å²) in [4.78, 5) is 17.7. The number of nitrogens with one attached hydrogen (secondary N) is 1. The molecule has 3 heterocycles. The Balaban J connectivity index is 1.71. The normalized spacial score (nSPS) is 19.8. The summed E-state index contributed by atoms with van der Waals surface area (Å²) in [6.07, 6.45) is 2.38. The molecular formula is C23H31N7O3. The first-order chi connectivity index (χ1) is 16.0. The second-order valence-electron chi connectivity index (χ2n) is 8.18. The van der Waals surface area contributed by atoms with E-state index in [0.29, 0.717) is 42.4 Å². The lowest BCUT2D eigenvalue weighted by Crippen LogP contribution is -2.54. The molecule has 0 saturated carbocycles. The molecule has 33 heavy (non-hydrogen) atoms. The van der Waals surface area contributed by atoms with Gasteiger partial charge in [0.2, 0.25) is 0 Å². The Morgan fingerprint density at radius 1 is 1.24 bits per heavy atom. The average molecular weight is 454 g/mol. The Labute approximate surface area is 193 Å². The maximum absolute atomic E-state index is 13.0. The van der Waals surface area contributed by atoms with Gasteiger partial charge in [0.05, 0.1) is 42.8 Å². The molecular weight excluding hydrogens is 422 g/mol. The maximum Gasteiger partial charge on any atom is 0.252 e. The van der Waals surface area contributed by atoms with Crippen molar-refractivity contribution in [3.8, 4) is 5.75 Å². The predicted molar refractivity (Wildman–Crippen MR) is 124 cm³/mol. The van der Waals surface area contributed by atoms with Gasteiger partial charge in [-0.05, 0) is 44.4 Å². The number of hydrogen-bond acceptors (Lipinski definition) is 8. The van der Waals surface area contributed by atoms with Gasteiger partial charge in [-0.2, -0.15) is 5.10 Å². The summed E-state index contributed by atoms with van der Waals surface area (Å²) < 4.78 is 7.55. The van der Waals surface area contributed by atoms with Gasteiger partial charge in [-0.25, -0.2) is 9.69 Å². The van der Waals surface area contributed by atoms with Gasteiger partial charge < -0.3 is 15.2 Å². The molecule has 176 valence electrons. The fraction of sp³-hybridized carbons (Fsp3) is 0.522. The molecule has 0 radical (unpaired) electrons. The zero-order valence-electron chi connectivity index (χ0n) is 19.6. The predicted octanol–water partition coefficient (Wildman–Crippen LogP) is 1.84. The lowest BCUT2D eigenvalue weighted by atomic mass is 10.1. The summed E-state index contributed by atoms with van der Waals surface area (Å²) in [6, 6.07) is 5.18. The molecule has 0 fully saturated rings. The van der Waals surface area contributed by atoms with Gasteiger partial charge >= 0.3 is 0 Å². The topological polar surface area (TPSA) is 117 Å². The third-order valence-electron chi connectivity index (χ3n) is 5.86. The van der Waals surface area contributed by atoms with Crippen molar-refractivity contribution in [1.82, 2.24) is 25.3 Å². The molecule has 2 aromatic rings. The second-order valence-corrected chi connectivity index (χ2v) is 8.18. The van der Waals surface area contributed by atoms with Gasteiger partial charge in [-0.15, -0.1) is 5.10 Å². The van der Waals surface area contributed by atoms with Crippen molar-refractivity contribution < 1.29 is 14.6 Å². The molecule has 10 nitrogen and oxygen atoms in total. The van der Waals surface area contributed by atoms with Crippen LogP contribution in [0.25, 0.3) is 0 Å². The minimum atomic E-state index is -0.427. The zero-order valence-corrected chi connectivity index (χ0v) is 19.6. The number of aromatic nitrogens is 3. The highest BCUT2D eigenvalue weighted by Gasteiger charge is 2.42. The van der Waals surface area contributed by atoms with Crippen LogP contribution in [0.3, 0.4) is 0 Å². The Morgan fingerprint density at radius 3 is 2.76 bits per heavy atom. The lowest BCUT2D eigenvalue weighted by Gasteiger charge is -2.30. The maximum atomic E-state index is 13.0. The molecule has 2 N–H and O–H groups in total. The van der Waals surface area contributed by atoms with E-state index < -0.39 is 6.04 Å². The van der Waals surface area contributed by atoms with Crippen LogP contribution in [0.1, 0.15) is 63.1 Å². The molecule has 2 aliphatic heterocycles. The monoisotopic (exact) mass is 453 g/mol. The number of aliphatic hydroxyl groups is 1. The van der Waals surface area contributed by atoms with E-state index >= 15 is 0 Å². The number of aliphatic imine (C=N–C) groups is 1. The Bertz CT molecular complexity index is 1090. The number of hydrogen-bond donors (Lipinski definition) is 2. The summed E-state index contributed by atoms with van der Waals surface area (Å²) in [5, 5.41) is 27.7. The number of ether oxygens (including phenoxy) is 1. The first kappa shape index (κ1) is 22.9. The van der Waals surface area contributed by atoms with E-state index in [1.54, 1.807) is 9.69 Å². The highest BCUT2D eigenvalue weighted by atomic mass is 16.5. The van der Waals surface area contributed by atoms with E-state index in [1.807, 2.05) is 39.0 Å². The van der Waals surface area contributed by atoms with E-state index in [0.717, 1.165) is 29.9 Å². The SMILES string of the molecule is CCCC1=NC(C)C2C(=O)NC(c3cc(Cn4nnc(CC)c4CO)ccc3OCC)=NN12. The molecule has 1 aromatic carbocycles. The smallest absolute Gasteiger partial charge is 0.252 e. The van der Waals surface area contributed by atoms with Gasteiger partial charge in [0.1, 0.15) is 11.6 Å². The van der Waals surface area contributed by atoms with Crippen LogP contribution < -0.4 is 10.1 Å². The number of amidine groups is 2. The summed E-state index contributed by atoms with van der Waals surface area (Å²) >= 11 is 0. The van der Waals surface area contributed by atoms with E-state index in [2.05, 4.69) is 27.5 Å². The molecule has 1 aromatic heterocycles. The van der Waals surface area contributed by atoms with E-state index in [1.165, 1.54) is 0 Å². The quantitative estimate of drug-likeness (QED) is 0.598. The molecule has 2 atom stereocenters. The van der Waals surface area contributed by atoms with Gasteiger partial charge in [0.25, 0.3) is 5.91 Å². The molecule has 10 heteroatoms. The highest BCUT2D eigenvalue weighted by molar-refractivity contribution is 6.13. The second kappa shape index (κ2) is 9.70.